The van der Waals surface area contributed by atoms with Gasteiger partial charge in [-0.3, -0.25) is 19.4 Å². The van der Waals surface area contributed by atoms with Crippen molar-refractivity contribution < 1.29 is 15.0 Å². The van der Waals surface area contributed by atoms with Gasteiger partial charge < -0.3 is 15.1 Å². The molecule has 1 heterocycles. The second-order valence-electron chi connectivity index (χ2n) is 4.01. The molecule has 1 rings (SSSR count). The Labute approximate surface area is 105 Å². The fourth-order valence-corrected chi connectivity index (χ4v) is 1.70. The molecular formula is C11H19N3O4. The van der Waals surface area contributed by atoms with Crippen LogP contribution >= 0.6 is 0 Å². The Bertz CT molecular complexity index is 432. The number of aromatic amines is 1. The number of aliphatic hydroxyl groups is 2. The van der Waals surface area contributed by atoms with Gasteiger partial charge in [0.1, 0.15) is 0 Å². The van der Waals surface area contributed by atoms with Gasteiger partial charge in [-0.1, -0.05) is 0 Å². The zero-order valence-corrected chi connectivity index (χ0v) is 10.4. The Balaban J connectivity index is 2.53. The first-order chi connectivity index (χ1) is 8.58. The van der Waals surface area contributed by atoms with Crippen LogP contribution in [0.15, 0.2) is 10.9 Å². The third kappa shape index (κ3) is 4.01. The number of amides is 1. The fraction of sp³-hybridized carbons (Fsp3) is 0.636. The van der Waals surface area contributed by atoms with Crippen LogP contribution in [0.3, 0.4) is 0 Å². The zero-order valence-electron chi connectivity index (χ0n) is 10.4. The average molecular weight is 257 g/mol. The second-order valence-corrected chi connectivity index (χ2v) is 4.01. The summed E-state index contributed by atoms with van der Waals surface area (Å²) in [6.07, 6.45) is 0.153. The molecule has 102 valence electrons. The molecule has 3 N–H and O–H groups in total. The first kappa shape index (κ1) is 14.5. The lowest BCUT2D eigenvalue weighted by Crippen LogP contribution is -2.36. The molecule has 0 aliphatic carbocycles. The van der Waals surface area contributed by atoms with Crippen LogP contribution in [0.2, 0.25) is 0 Å². The number of aromatic nitrogens is 2. The van der Waals surface area contributed by atoms with E-state index in [2.05, 4.69) is 5.10 Å². The van der Waals surface area contributed by atoms with Crippen molar-refractivity contribution in [2.24, 2.45) is 0 Å². The van der Waals surface area contributed by atoms with E-state index in [1.165, 1.54) is 15.6 Å². The maximum Gasteiger partial charge on any atom is 0.266 e. The maximum absolute atomic E-state index is 11.8. The van der Waals surface area contributed by atoms with Crippen LogP contribution in [0.25, 0.3) is 0 Å². The lowest BCUT2D eigenvalue weighted by Gasteiger charge is -2.20. The summed E-state index contributed by atoms with van der Waals surface area (Å²) >= 11 is 0. The van der Waals surface area contributed by atoms with Crippen molar-refractivity contribution >= 4 is 5.91 Å². The lowest BCUT2D eigenvalue weighted by atomic mass is 10.3. The number of hydrogen-bond acceptors (Lipinski definition) is 4. The van der Waals surface area contributed by atoms with Gasteiger partial charge in [-0.25, -0.2) is 0 Å². The number of nitrogens with zero attached hydrogens (tertiary/aromatic N) is 2. The predicted octanol–water partition coefficient (Wildman–Crippen LogP) is -1.31. The standard InChI is InChI=1S/C11H19N3O4/c1-9-8-11(18)14(12-9)3-2-10(17)13(4-6-15)5-7-16/h8,12,15-16H,2-7H2,1H3. The van der Waals surface area contributed by atoms with Crippen LogP contribution in [0.4, 0.5) is 0 Å². The highest BCUT2D eigenvalue weighted by atomic mass is 16.3. The molecule has 18 heavy (non-hydrogen) atoms. The van der Waals surface area contributed by atoms with Crippen LogP contribution in [0.1, 0.15) is 12.1 Å². The zero-order chi connectivity index (χ0) is 13.5. The molecule has 0 spiro atoms. The number of aryl methyl sites for hydroxylation is 2. The minimum Gasteiger partial charge on any atom is -0.395 e. The SMILES string of the molecule is Cc1cc(=O)n(CCC(=O)N(CCO)CCO)[nH]1. The number of carbonyl (C=O) groups excluding carboxylic acids is 1. The van der Waals surface area contributed by atoms with Crippen molar-refractivity contribution in [3.63, 3.8) is 0 Å². The number of H-pyrrole nitrogens is 1. The highest BCUT2D eigenvalue weighted by Crippen LogP contribution is 1.96. The molecule has 0 saturated heterocycles. The van der Waals surface area contributed by atoms with Crippen molar-refractivity contribution in [1.82, 2.24) is 14.7 Å². The quantitative estimate of drug-likeness (QED) is 0.564. The van der Waals surface area contributed by atoms with Crippen molar-refractivity contribution in [2.45, 2.75) is 19.9 Å². The van der Waals surface area contributed by atoms with E-state index in [0.29, 0.717) is 0 Å². The third-order valence-corrected chi connectivity index (χ3v) is 2.56. The predicted molar refractivity (Wildman–Crippen MR) is 65.2 cm³/mol. The normalized spacial score (nSPS) is 10.6. The maximum atomic E-state index is 11.8. The van der Waals surface area contributed by atoms with Crippen LogP contribution in [-0.4, -0.2) is 57.1 Å². The van der Waals surface area contributed by atoms with E-state index in [9.17, 15) is 9.59 Å². The Hall–Kier alpha value is -1.60. The molecule has 0 aromatic carbocycles. The number of nitrogens with one attached hydrogen (secondary N) is 1. The van der Waals surface area contributed by atoms with Gasteiger partial charge in [0.25, 0.3) is 5.56 Å². The van der Waals surface area contributed by atoms with Crippen molar-refractivity contribution in [3.05, 3.63) is 22.1 Å². The Kier molecular flexibility index (Phi) is 5.60. The topological polar surface area (TPSA) is 98.6 Å². The summed E-state index contributed by atoms with van der Waals surface area (Å²) in [5.41, 5.74) is 0.575. The summed E-state index contributed by atoms with van der Waals surface area (Å²) in [5.74, 6) is -0.197. The summed E-state index contributed by atoms with van der Waals surface area (Å²) < 4.78 is 1.36. The molecule has 1 aromatic heterocycles. The van der Waals surface area contributed by atoms with E-state index in [-0.39, 0.29) is 50.7 Å². The van der Waals surface area contributed by atoms with Gasteiger partial charge in [0.2, 0.25) is 5.91 Å². The molecule has 0 bridgehead atoms. The van der Waals surface area contributed by atoms with Gasteiger partial charge in [-0.2, -0.15) is 0 Å². The van der Waals surface area contributed by atoms with Crippen molar-refractivity contribution in [1.29, 1.82) is 0 Å². The molecule has 1 amide bonds. The van der Waals surface area contributed by atoms with Crippen LogP contribution in [0.5, 0.6) is 0 Å². The smallest absolute Gasteiger partial charge is 0.266 e. The molecule has 0 saturated carbocycles. The molecule has 0 radical (unpaired) electrons. The molecule has 1 aromatic rings. The summed E-state index contributed by atoms with van der Waals surface area (Å²) in [7, 11) is 0. The van der Waals surface area contributed by atoms with Crippen molar-refractivity contribution in [3.8, 4) is 0 Å². The Morgan fingerprint density at radius 3 is 2.44 bits per heavy atom. The van der Waals surface area contributed by atoms with E-state index in [1.54, 1.807) is 6.92 Å². The van der Waals surface area contributed by atoms with E-state index in [0.717, 1.165) is 5.69 Å². The minimum absolute atomic E-state index is 0.146. The first-order valence-electron chi connectivity index (χ1n) is 5.84. The fourth-order valence-electron chi connectivity index (χ4n) is 1.70. The van der Waals surface area contributed by atoms with Gasteiger partial charge in [0.15, 0.2) is 0 Å². The highest BCUT2D eigenvalue weighted by Gasteiger charge is 2.12. The first-order valence-corrected chi connectivity index (χ1v) is 5.84. The number of aliphatic hydroxyl groups excluding tert-OH is 2. The molecule has 0 atom stereocenters. The van der Waals surface area contributed by atoms with E-state index in [4.69, 9.17) is 10.2 Å². The molecule has 0 aliphatic heterocycles. The van der Waals surface area contributed by atoms with E-state index >= 15 is 0 Å². The van der Waals surface area contributed by atoms with Gasteiger partial charge >= 0.3 is 0 Å². The lowest BCUT2D eigenvalue weighted by molar-refractivity contribution is -0.132. The van der Waals surface area contributed by atoms with Crippen LogP contribution < -0.4 is 5.56 Å². The molecule has 0 aliphatic rings. The summed E-state index contributed by atoms with van der Waals surface area (Å²) in [4.78, 5) is 24.6. The number of carbonyl (C=O) groups is 1. The molecule has 7 nitrogen and oxygen atoms in total. The number of rotatable bonds is 7. The van der Waals surface area contributed by atoms with Crippen LogP contribution in [-0.2, 0) is 11.3 Å². The van der Waals surface area contributed by atoms with E-state index in [1.807, 2.05) is 0 Å². The second kappa shape index (κ2) is 6.97. The van der Waals surface area contributed by atoms with Gasteiger partial charge in [0, 0.05) is 31.3 Å². The highest BCUT2D eigenvalue weighted by molar-refractivity contribution is 5.76. The summed E-state index contributed by atoms with van der Waals surface area (Å²) in [5, 5.41) is 20.5. The average Bonchev–Trinajstić information content (AvgIpc) is 2.64. The largest absolute Gasteiger partial charge is 0.395 e. The van der Waals surface area contributed by atoms with Crippen molar-refractivity contribution in [2.75, 3.05) is 26.3 Å². The minimum atomic E-state index is -0.197. The monoisotopic (exact) mass is 257 g/mol. The summed E-state index contributed by atoms with van der Waals surface area (Å²) in [6.45, 7) is 2.12. The number of hydrogen-bond donors (Lipinski definition) is 3. The molecule has 0 unspecified atom stereocenters. The van der Waals surface area contributed by atoms with Crippen LogP contribution in [0, 0.1) is 6.92 Å². The summed E-state index contributed by atoms with van der Waals surface area (Å²) in [6, 6.07) is 1.46. The van der Waals surface area contributed by atoms with E-state index < -0.39 is 0 Å². The Morgan fingerprint density at radius 1 is 1.39 bits per heavy atom. The molecular weight excluding hydrogens is 238 g/mol. The Morgan fingerprint density at radius 2 is 2.00 bits per heavy atom. The van der Waals surface area contributed by atoms with Gasteiger partial charge in [-0.05, 0) is 6.92 Å². The van der Waals surface area contributed by atoms with Gasteiger partial charge in [0.05, 0.1) is 19.8 Å². The molecule has 0 fully saturated rings. The van der Waals surface area contributed by atoms with Gasteiger partial charge in [-0.15, -0.1) is 0 Å². The third-order valence-electron chi connectivity index (χ3n) is 2.56. The molecule has 7 heteroatoms.